The predicted molar refractivity (Wildman–Crippen MR) is 116 cm³/mol. The normalized spacial score (nSPS) is 30.5. The quantitative estimate of drug-likeness (QED) is 0.472. The first-order chi connectivity index (χ1) is 12.8. The Bertz CT molecular complexity index is 801. The Morgan fingerprint density at radius 1 is 1.15 bits per heavy atom. The molecule has 0 nitrogen and oxygen atoms in total. The number of rotatable bonds is 6. The van der Waals surface area contributed by atoms with Crippen LogP contribution in [0.2, 0.25) is 0 Å². The van der Waals surface area contributed by atoms with Gasteiger partial charge in [0.2, 0.25) is 0 Å². The van der Waals surface area contributed by atoms with E-state index >= 15 is 0 Å². The van der Waals surface area contributed by atoms with Gasteiger partial charge in [-0.2, -0.15) is 0 Å². The van der Waals surface area contributed by atoms with E-state index in [9.17, 15) is 0 Å². The van der Waals surface area contributed by atoms with E-state index in [1.807, 2.05) is 0 Å². The van der Waals surface area contributed by atoms with Crippen LogP contribution in [0.5, 0.6) is 0 Å². The second kappa shape index (κ2) is 6.95. The topological polar surface area (TPSA) is 0 Å². The van der Waals surface area contributed by atoms with Crippen LogP contribution in [0.25, 0.3) is 0 Å². The second-order valence-electron chi connectivity index (χ2n) is 8.20. The zero-order valence-electron chi connectivity index (χ0n) is 15.7. The van der Waals surface area contributed by atoms with Crippen LogP contribution in [0.15, 0.2) is 52.3 Å². The minimum Gasteiger partial charge on any atom is -0.126 e. The van der Waals surface area contributed by atoms with Gasteiger partial charge in [0.15, 0.2) is 0 Å². The van der Waals surface area contributed by atoms with Crippen LogP contribution >= 0.6 is 23.5 Å². The summed E-state index contributed by atoms with van der Waals surface area (Å²) in [5, 5.41) is 1.59. The molecule has 2 aliphatic heterocycles. The molecule has 2 heterocycles. The van der Waals surface area contributed by atoms with Crippen molar-refractivity contribution in [2.45, 2.75) is 79.1 Å². The van der Waals surface area contributed by atoms with Crippen molar-refractivity contribution in [1.82, 2.24) is 0 Å². The third-order valence-corrected chi connectivity index (χ3v) is 9.45. The molecule has 0 spiro atoms. The molecule has 2 heteroatoms. The van der Waals surface area contributed by atoms with E-state index in [-0.39, 0.29) is 0 Å². The standard InChI is InChI=1S/C24H28S2/c1-3-5-7-17-13-15-9-11-19-21(23(15)25-17)20-12-10-16-14-18(8-6-4-2)26-24(16)22(19)20/h3,9-12,17-18,20,22H,1,4-8,13-14H2,2H3. The van der Waals surface area contributed by atoms with Crippen molar-refractivity contribution in [3.8, 4) is 0 Å². The molecular formula is C24H28S2. The van der Waals surface area contributed by atoms with Gasteiger partial charge in [0, 0.05) is 27.2 Å². The van der Waals surface area contributed by atoms with Gasteiger partial charge >= 0.3 is 0 Å². The largest absolute Gasteiger partial charge is 0.126 e. The van der Waals surface area contributed by atoms with E-state index in [0.717, 1.165) is 16.9 Å². The van der Waals surface area contributed by atoms with Crippen molar-refractivity contribution in [2.75, 3.05) is 0 Å². The zero-order valence-corrected chi connectivity index (χ0v) is 17.3. The summed E-state index contributed by atoms with van der Waals surface area (Å²) in [4.78, 5) is 3.36. The average Bonchev–Trinajstić information content (AvgIpc) is 3.22. The number of unbranched alkanes of at least 4 members (excludes halogenated alkanes) is 1. The summed E-state index contributed by atoms with van der Waals surface area (Å²) in [5.41, 5.74) is 6.58. The van der Waals surface area contributed by atoms with E-state index in [2.05, 4.69) is 67.4 Å². The monoisotopic (exact) mass is 380 g/mol. The van der Waals surface area contributed by atoms with Crippen molar-refractivity contribution in [3.05, 3.63) is 64.1 Å². The fourth-order valence-corrected chi connectivity index (χ4v) is 8.31. The molecule has 0 aromatic heterocycles. The van der Waals surface area contributed by atoms with Crippen molar-refractivity contribution in [1.29, 1.82) is 0 Å². The minimum absolute atomic E-state index is 0.654. The van der Waals surface area contributed by atoms with Gasteiger partial charge in [-0.1, -0.05) is 50.1 Å². The van der Waals surface area contributed by atoms with Crippen LogP contribution < -0.4 is 0 Å². The van der Waals surface area contributed by atoms with Crippen LogP contribution in [0.3, 0.4) is 0 Å². The third-order valence-electron chi connectivity index (χ3n) is 6.49. The number of benzene rings is 1. The molecule has 0 N–H and O–H groups in total. The van der Waals surface area contributed by atoms with Crippen LogP contribution in [0.4, 0.5) is 0 Å². The molecule has 0 saturated carbocycles. The van der Waals surface area contributed by atoms with Gasteiger partial charge in [0.25, 0.3) is 0 Å². The lowest BCUT2D eigenvalue weighted by atomic mass is 9.64. The fourth-order valence-electron chi connectivity index (χ4n) is 5.15. The van der Waals surface area contributed by atoms with Gasteiger partial charge in [-0.3, -0.25) is 0 Å². The predicted octanol–water partition coefficient (Wildman–Crippen LogP) is 7.37. The van der Waals surface area contributed by atoms with E-state index in [1.165, 1.54) is 38.5 Å². The maximum absolute atomic E-state index is 3.90. The lowest BCUT2D eigenvalue weighted by Crippen LogP contribution is -2.26. The summed E-state index contributed by atoms with van der Waals surface area (Å²) in [6.07, 6.45) is 16.1. The molecule has 4 atom stereocenters. The van der Waals surface area contributed by atoms with Crippen molar-refractivity contribution in [3.63, 3.8) is 0 Å². The van der Waals surface area contributed by atoms with E-state index in [4.69, 9.17) is 0 Å². The average molecular weight is 381 g/mol. The number of allylic oxidation sites excluding steroid dienone is 5. The smallest absolute Gasteiger partial charge is 0.0259 e. The molecule has 136 valence electrons. The summed E-state index contributed by atoms with van der Waals surface area (Å²) in [6.45, 7) is 6.21. The molecule has 0 amide bonds. The van der Waals surface area contributed by atoms with Crippen molar-refractivity contribution < 1.29 is 0 Å². The third kappa shape index (κ3) is 2.67. The molecule has 4 aliphatic rings. The maximum atomic E-state index is 3.90. The molecular weight excluding hydrogens is 352 g/mol. The van der Waals surface area contributed by atoms with Gasteiger partial charge in [-0.15, -0.1) is 30.1 Å². The first-order valence-corrected chi connectivity index (χ1v) is 12.1. The molecule has 2 aliphatic carbocycles. The number of fused-ring (bicyclic) bond motifs is 7. The van der Waals surface area contributed by atoms with Gasteiger partial charge in [-0.05, 0) is 59.3 Å². The molecule has 4 unspecified atom stereocenters. The Hall–Kier alpha value is -0.860. The zero-order chi connectivity index (χ0) is 17.7. The Kier molecular flexibility index (Phi) is 4.61. The summed E-state index contributed by atoms with van der Waals surface area (Å²) in [5.74, 6) is 1.33. The lowest BCUT2D eigenvalue weighted by Gasteiger charge is -2.42. The first-order valence-electron chi connectivity index (χ1n) is 10.3. The summed E-state index contributed by atoms with van der Waals surface area (Å²) in [7, 11) is 0. The number of thioether (sulfide) groups is 2. The highest BCUT2D eigenvalue weighted by atomic mass is 32.2. The Morgan fingerprint density at radius 3 is 2.88 bits per heavy atom. The Balaban J connectivity index is 1.39. The highest BCUT2D eigenvalue weighted by molar-refractivity contribution is 8.04. The lowest BCUT2D eigenvalue weighted by molar-refractivity contribution is 0.606. The molecule has 1 aromatic rings. The summed E-state index contributed by atoms with van der Waals surface area (Å²) in [6, 6.07) is 4.91. The second-order valence-corrected chi connectivity index (χ2v) is 10.9. The Labute approximate surface area is 166 Å². The maximum Gasteiger partial charge on any atom is 0.0259 e. The molecule has 0 bridgehead atoms. The molecule has 0 fully saturated rings. The van der Waals surface area contributed by atoms with Crippen LogP contribution in [0.1, 0.15) is 74.0 Å². The molecule has 1 aromatic carbocycles. The van der Waals surface area contributed by atoms with Gasteiger partial charge in [-0.25, -0.2) is 0 Å². The summed E-state index contributed by atoms with van der Waals surface area (Å²) >= 11 is 4.37. The molecule has 5 rings (SSSR count). The SMILES string of the molecule is C=CCCC1Cc2ccc3c(c2S1)C1C=CC2=C(SC(CCCC)C2)C31. The van der Waals surface area contributed by atoms with E-state index in [1.54, 1.807) is 32.1 Å². The van der Waals surface area contributed by atoms with E-state index in [0.29, 0.717) is 11.8 Å². The first kappa shape index (κ1) is 17.3. The van der Waals surface area contributed by atoms with Crippen LogP contribution in [0, 0.1) is 0 Å². The highest BCUT2D eigenvalue weighted by Gasteiger charge is 2.46. The molecule has 0 radical (unpaired) electrons. The van der Waals surface area contributed by atoms with Gasteiger partial charge in [0.1, 0.15) is 0 Å². The summed E-state index contributed by atoms with van der Waals surface area (Å²) < 4.78 is 0. The van der Waals surface area contributed by atoms with Crippen LogP contribution in [-0.4, -0.2) is 10.5 Å². The van der Waals surface area contributed by atoms with Gasteiger partial charge in [0.05, 0.1) is 0 Å². The minimum atomic E-state index is 0.654. The number of hydrogen-bond donors (Lipinski definition) is 0. The highest BCUT2D eigenvalue weighted by Crippen LogP contribution is 2.64. The van der Waals surface area contributed by atoms with Crippen LogP contribution in [-0.2, 0) is 6.42 Å². The molecule has 0 saturated heterocycles. The van der Waals surface area contributed by atoms with Crippen molar-refractivity contribution >= 4 is 23.5 Å². The van der Waals surface area contributed by atoms with Crippen molar-refractivity contribution in [2.24, 2.45) is 0 Å². The van der Waals surface area contributed by atoms with E-state index < -0.39 is 0 Å². The van der Waals surface area contributed by atoms with Gasteiger partial charge < -0.3 is 0 Å². The fraction of sp³-hybridized carbons (Fsp3) is 0.500. The molecule has 26 heavy (non-hydrogen) atoms. The number of hydrogen-bond acceptors (Lipinski definition) is 2. The Morgan fingerprint density at radius 2 is 2.04 bits per heavy atom.